The standard InChI is InChI=1S/C14H14ClNO/c1-17-13-8-4-11(5-9-13)14(16)10-2-6-12(15)7-3-10/h2-9,14H,16H2,1H3/t14-/m0/s1. The van der Waals surface area contributed by atoms with Crippen molar-refractivity contribution in [3.63, 3.8) is 0 Å². The van der Waals surface area contributed by atoms with E-state index in [0.717, 1.165) is 21.9 Å². The van der Waals surface area contributed by atoms with Crippen LogP contribution < -0.4 is 10.5 Å². The summed E-state index contributed by atoms with van der Waals surface area (Å²) in [5.74, 6) is 0.831. The van der Waals surface area contributed by atoms with Crippen molar-refractivity contribution in [2.24, 2.45) is 5.73 Å². The Hall–Kier alpha value is -1.51. The maximum absolute atomic E-state index is 6.17. The number of hydrogen-bond donors (Lipinski definition) is 1. The summed E-state index contributed by atoms with van der Waals surface area (Å²) < 4.78 is 5.11. The lowest BCUT2D eigenvalue weighted by atomic mass is 10.00. The molecule has 2 N–H and O–H groups in total. The van der Waals surface area contributed by atoms with Gasteiger partial charge in [0.25, 0.3) is 0 Å². The molecular formula is C14H14ClNO. The SMILES string of the molecule is COc1ccc([C@@H](N)c2ccc(Cl)cc2)cc1. The van der Waals surface area contributed by atoms with Gasteiger partial charge in [0.15, 0.2) is 0 Å². The zero-order valence-electron chi connectivity index (χ0n) is 9.56. The zero-order chi connectivity index (χ0) is 12.3. The lowest BCUT2D eigenvalue weighted by molar-refractivity contribution is 0.414. The molecule has 0 unspecified atom stereocenters. The molecule has 0 amide bonds. The molecule has 0 bridgehead atoms. The third-order valence-corrected chi connectivity index (χ3v) is 2.96. The molecule has 3 heteroatoms. The summed E-state index contributed by atoms with van der Waals surface area (Å²) in [5, 5.41) is 0.718. The van der Waals surface area contributed by atoms with Crippen molar-refractivity contribution in [2.45, 2.75) is 6.04 Å². The number of methoxy groups -OCH3 is 1. The van der Waals surface area contributed by atoms with Crippen LogP contribution in [0.2, 0.25) is 5.02 Å². The first kappa shape index (κ1) is 12.0. The molecule has 88 valence electrons. The van der Waals surface area contributed by atoms with Gasteiger partial charge in [0.1, 0.15) is 5.75 Å². The van der Waals surface area contributed by atoms with E-state index in [0.29, 0.717) is 0 Å². The minimum absolute atomic E-state index is 0.141. The lowest BCUT2D eigenvalue weighted by Crippen LogP contribution is -2.11. The Bertz CT molecular complexity index is 479. The molecule has 17 heavy (non-hydrogen) atoms. The second kappa shape index (κ2) is 5.21. The summed E-state index contributed by atoms with van der Waals surface area (Å²) in [4.78, 5) is 0. The van der Waals surface area contributed by atoms with Gasteiger partial charge in [-0.25, -0.2) is 0 Å². The normalized spacial score (nSPS) is 12.2. The maximum atomic E-state index is 6.17. The van der Waals surface area contributed by atoms with E-state index in [1.165, 1.54) is 0 Å². The van der Waals surface area contributed by atoms with E-state index >= 15 is 0 Å². The molecule has 0 aliphatic heterocycles. The molecule has 0 saturated carbocycles. The highest BCUT2D eigenvalue weighted by atomic mass is 35.5. The molecule has 0 spiro atoms. The molecule has 0 aromatic heterocycles. The van der Waals surface area contributed by atoms with Crippen LogP contribution in [0.4, 0.5) is 0 Å². The van der Waals surface area contributed by atoms with E-state index in [4.69, 9.17) is 22.1 Å². The molecule has 0 saturated heterocycles. The monoisotopic (exact) mass is 247 g/mol. The molecule has 0 aliphatic rings. The maximum Gasteiger partial charge on any atom is 0.118 e. The number of hydrogen-bond acceptors (Lipinski definition) is 2. The molecule has 1 atom stereocenters. The van der Waals surface area contributed by atoms with E-state index < -0.39 is 0 Å². The van der Waals surface area contributed by atoms with Crippen LogP contribution in [-0.4, -0.2) is 7.11 Å². The van der Waals surface area contributed by atoms with Gasteiger partial charge in [-0.3, -0.25) is 0 Å². The van der Waals surface area contributed by atoms with E-state index in [1.54, 1.807) is 7.11 Å². The number of nitrogens with two attached hydrogens (primary N) is 1. The topological polar surface area (TPSA) is 35.2 Å². The van der Waals surface area contributed by atoms with Crippen molar-refractivity contribution in [1.29, 1.82) is 0 Å². The van der Waals surface area contributed by atoms with Crippen LogP contribution in [0.1, 0.15) is 17.2 Å². The summed E-state index contributed by atoms with van der Waals surface area (Å²) in [6.45, 7) is 0. The lowest BCUT2D eigenvalue weighted by Gasteiger charge is -2.13. The van der Waals surface area contributed by atoms with Gasteiger partial charge in [0.05, 0.1) is 13.2 Å². The van der Waals surface area contributed by atoms with Crippen LogP contribution in [0.15, 0.2) is 48.5 Å². The third kappa shape index (κ3) is 2.78. The van der Waals surface area contributed by atoms with E-state index in [9.17, 15) is 0 Å². The average Bonchev–Trinajstić information content (AvgIpc) is 2.39. The number of benzene rings is 2. The molecule has 0 radical (unpaired) electrons. The fourth-order valence-corrected chi connectivity index (χ4v) is 1.80. The minimum Gasteiger partial charge on any atom is -0.497 e. The second-order valence-corrected chi connectivity index (χ2v) is 4.24. The molecule has 2 rings (SSSR count). The van der Waals surface area contributed by atoms with Crippen LogP contribution >= 0.6 is 11.6 Å². The smallest absolute Gasteiger partial charge is 0.118 e. The Kier molecular flexibility index (Phi) is 3.67. The number of rotatable bonds is 3. The third-order valence-electron chi connectivity index (χ3n) is 2.70. The van der Waals surface area contributed by atoms with Crippen molar-refractivity contribution >= 4 is 11.6 Å². The highest BCUT2D eigenvalue weighted by Gasteiger charge is 2.08. The van der Waals surface area contributed by atoms with Gasteiger partial charge < -0.3 is 10.5 Å². The quantitative estimate of drug-likeness (QED) is 0.902. The first-order valence-corrected chi connectivity index (χ1v) is 5.73. The predicted molar refractivity (Wildman–Crippen MR) is 70.5 cm³/mol. The Morgan fingerprint density at radius 3 is 1.88 bits per heavy atom. The molecule has 2 aromatic carbocycles. The van der Waals surface area contributed by atoms with Crippen molar-refractivity contribution in [3.8, 4) is 5.75 Å². The highest BCUT2D eigenvalue weighted by molar-refractivity contribution is 6.30. The molecule has 0 aliphatic carbocycles. The van der Waals surface area contributed by atoms with E-state index in [-0.39, 0.29) is 6.04 Å². The molecule has 2 aromatic rings. The number of ether oxygens (including phenoxy) is 1. The summed E-state index contributed by atoms with van der Waals surface area (Å²) in [6, 6.07) is 15.2. The van der Waals surface area contributed by atoms with Crippen LogP contribution in [0, 0.1) is 0 Å². The molecule has 2 nitrogen and oxygen atoms in total. The van der Waals surface area contributed by atoms with Gasteiger partial charge in [-0.2, -0.15) is 0 Å². The largest absolute Gasteiger partial charge is 0.497 e. The van der Waals surface area contributed by atoms with Crippen LogP contribution in [0.5, 0.6) is 5.75 Å². The zero-order valence-corrected chi connectivity index (χ0v) is 10.3. The summed E-state index contributed by atoms with van der Waals surface area (Å²) in [6.07, 6.45) is 0. The van der Waals surface area contributed by atoms with Crippen LogP contribution in [0.3, 0.4) is 0 Å². The van der Waals surface area contributed by atoms with Gasteiger partial charge in [-0.05, 0) is 35.4 Å². The first-order valence-electron chi connectivity index (χ1n) is 5.35. The Balaban J connectivity index is 2.23. The Labute approximate surface area is 106 Å². The molecular weight excluding hydrogens is 234 g/mol. The average molecular weight is 248 g/mol. The van der Waals surface area contributed by atoms with Crippen molar-refractivity contribution in [2.75, 3.05) is 7.11 Å². The van der Waals surface area contributed by atoms with Crippen LogP contribution in [-0.2, 0) is 0 Å². The molecule has 0 heterocycles. The van der Waals surface area contributed by atoms with Gasteiger partial charge in [0, 0.05) is 5.02 Å². The van der Waals surface area contributed by atoms with Crippen LogP contribution in [0.25, 0.3) is 0 Å². The molecule has 0 fully saturated rings. The van der Waals surface area contributed by atoms with Crippen molar-refractivity contribution in [1.82, 2.24) is 0 Å². The fourth-order valence-electron chi connectivity index (χ4n) is 1.67. The first-order chi connectivity index (χ1) is 8.20. The van der Waals surface area contributed by atoms with E-state index in [1.807, 2.05) is 48.5 Å². The van der Waals surface area contributed by atoms with Crippen molar-refractivity contribution < 1.29 is 4.74 Å². The van der Waals surface area contributed by atoms with Gasteiger partial charge >= 0.3 is 0 Å². The summed E-state index contributed by atoms with van der Waals surface area (Å²) in [5.41, 5.74) is 8.26. The minimum atomic E-state index is -0.141. The summed E-state index contributed by atoms with van der Waals surface area (Å²) >= 11 is 5.84. The van der Waals surface area contributed by atoms with Gasteiger partial charge in [-0.15, -0.1) is 0 Å². The Morgan fingerprint density at radius 2 is 1.41 bits per heavy atom. The highest BCUT2D eigenvalue weighted by Crippen LogP contribution is 2.23. The predicted octanol–water partition coefficient (Wildman–Crippen LogP) is 3.40. The second-order valence-electron chi connectivity index (χ2n) is 3.80. The van der Waals surface area contributed by atoms with Gasteiger partial charge in [0.2, 0.25) is 0 Å². The summed E-state index contributed by atoms with van der Waals surface area (Å²) in [7, 11) is 1.65. The number of halogens is 1. The Morgan fingerprint density at radius 1 is 0.941 bits per heavy atom. The van der Waals surface area contributed by atoms with E-state index in [2.05, 4.69) is 0 Å². The fraction of sp³-hybridized carbons (Fsp3) is 0.143. The van der Waals surface area contributed by atoms with Gasteiger partial charge in [-0.1, -0.05) is 35.9 Å². The van der Waals surface area contributed by atoms with Crippen molar-refractivity contribution in [3.05, 3.63) is 64.7 Å².